The van der Waals surface area contributed by atoms with Crippen LogP contribution in [0.25, 0.3) is 0 Å². The summed E-state index contributed by atoms with van der Waals surface area (Å²) in [6.07, 6.45) is 3.99. The van der Waals surface area contributed by atoms with Gasteiger partial charge in [-0.1, -0.05) is 6.42 Å². The Kier molecular flexibility index (Phi) is 4.17. The molecule has 1 fully saturated rings. The highest BCUT2D eigenvalue weighted by Crippen LogP contribution is 2.26. The Morgan fingerprint density at radius 1 is 1.11 bits per heavy atom. The molecule has 0 bridgehead atoms. The summed E-state index contributed by atoms with van der Waals surface area (Å²) in [5.74, 6) is 2.76. The molecule has 100 valence electrons. The molecular formula is C12H22N6. The zero-order valence-electron chi connectivity index (χ0n) is 11.4. The van der Waals surface area contributed by atoms with E-state index in [4.69, 9.17) is 0 Å². The van der Waals surface area contributed by atoms with Crippen molar-refractivity contribution in [2.24, 2.45) is 5.92 Å². The van der Waals surface area contributed by atoms with E-state index >= 15 is 0 Å². The van der Waals surface area contributed by atoms with Gasteiger partial charge in [0.2, 0.25) is 17.8 Å². The maximum Gasteiger partial charge on any atom is 0.231 e. The van der Waals surface area contributed by atoms with E-state index in [1.165, 1.54) is 19.3 Å². The molecule has 1 aromatic heterocycles. The van der Waals surface area contributed by atoms with Crippen LogP contribution in [-0.2, 0) is 0 Å². The summed E-state index contributed by atoms with van der Waals surface area (Å²) >= 11 is 0. The van der Waals surface area contributed by atoms with Gasteiger partial charge >= 0.3 is 0 Å². The van der Waals surface area contributed by atoms with Gasteiger partial charge in [0.15, 0.2) is 0 Å². The summed E-state index contributed by atoms with van der Waals surface area (Å²) in [5, 5.41) is 6.44. The van der Waals surface area contributed by atoms with Crippen LogP contribution in [0.4, 0.5) is 17.8 Å². The lowest BCUT2D eigenvalue weighted by atomic mass is 9.85. The molecule has 1 heterocycles. The Hall–Kier alpha value is -1.59. The summed E-state index contributed by atoms with van der Waals surface area (Å²) in [6, 6.07) is 0. The third-order valence-electron chi connectivity index (χ3n) is 3.13. The van der Waals surface area contributed by atoms with E-state index in [1.54, 1.807) is 0 Å². The SMILES string of the molecule is CCNc1nc(NCC2CCC2)nc(N(C)C)n1. The maximum atomic E-state index is 4.40. The zero-order valence-corrected chi connectivity index (χ0v) is 11.4. The summed E-state index contributed by atoms with van der Waals surface area (Å²) in [4.78, 5) is 15.0. The molecule has 18 heavy (non-hydrogen) atoms. The predicted molar refractivity (Wildman–Crippen MR) is 74.1 cm³/mol. The summed E-state index contributed by atoms with van der Waals surface area (Å²) in [5.41, 5.74) is 0. The van der Waals surface area contributed by atoms with E-state index in [9.17, 15) is 0 Å². The molecule has 6 heteroatoms. The molecule has 0 aromatic carbocycles. The Morgan fingerprint density at radius 3 is 2.28 bits per heavy atom. The monoisotopic (exact) mass is 250 g/mol. The largest absolute Gasteiger partial charge is 0.354 e. The first-order valence-electron chi connectivity index (χ1n) is 6.60. The minimum absolute atomic E-state index is 0.632. The number of hydrogen-bond acceptors (Lipinski definition) is 6. The van der Waals surface area contributed by atoms with Crippen LogP contribution >= 0.6 is 0 Å². The van der Waals surface area contributed by atoms with Crippen LogP contribution in [0.2, 0.25) is 0 Å². The quantitative estimate of drug-likeness (QED) is 0.799. The van der Waals surface area contributed by atoms with E-state index in [0.29, 0.717) is 17.8 Å². The topological polar surface area (TPSA) is 66.0 Å². The smallest absolute Gasteiger partial charge is 0.231 e. The Bertz CT molecular complexity index is 388. The van der Waals surface area contributed by atoms with Crippen molar-refractivity contribution in [1.82, 2.24) is 15.0 Å². The first kappa shape index (κ1) is 12.9. The van der Waals surface area contributed by atoms with E-state index < -0.39 is 0 Å². The van der Waals surface area contributed by atoms with Gasteiger partial charge in [-0.2, -0.15) is 15.0 Å². The Morgan fingerprint density at radius 2 is 1.78 bits per heavy atom. The van der Waals surface area contributed by atoms with Crippen LogP contribution in [0.3, 0.4) is 0 Å². The fourth-order valence-corrected chi connectivity index (χ4v) is 1.81. The van der Waals surface area contributed by atoms with Crippen LogP contribution in [0.1, 0.15) is 26.2 Å². The van der Waals surface area contributed by atoms with Crippen molar-refractivity contribution in [3.8, 4) is 0 Å². The first-order valence-corrected chi connectivity index (χ1v) is 6.60. The van der Waals surface area contributed by atoms with Crippen molar-refractivity contribution in [3.05, 3.63) is 0 Å². The fraction of sp³-hybridized carbons (Fsp3) is 0.750. The second-order valence-electron chi connectivity index (χ2n) is 4.89. The molecule has 0 aliphatic heterocycles. The molecule has 2 rings (SSSR count). The molecule has 2 N–H and O–H groups in total. The Labute approximate surface area is 108 Å². The molecule has 0 unspecified atom stereocenters. The summed E-state index contributed by atoms with van der Waals surface area (Å²) < 4.78 is 0. The van der Waals surface area contributed by atoms with E-state index in [2.05, 4.69) is 25.6 Å². The highest BCUT2D eigenvalue weighted by atomic mass is 15.3. The van der Waals surface area contributed by atoms with Crippen LogP contribution in [0.5, 0.6) is 0 Å². The van der Waals surface area contributed by atoms with Gasteiger partial charge in [-0.3, -0.25) is 0 Å². The molecule has 0 radical (unpaired) electrons. The molecular weight excluding hydrogens is 228 g/mol. The van der Waals surface area contributed by atoms with Crippen LogP contribution in [0, 0.1) is 5.92 Å². The molecule has 1 aromatic rings. The van der Waals surface area contributed by atoms with Gasteiger partial charge in [0.1, 0.15) is 0 Å². The van der Waals surface area contributed by atoms with Gasteiger partial charge in [0.05, 0.1) is 0 Å². The van der Waals surface area contributed by atoms with Crippen LogP contribution in [-0.4, -0.2) is 42.1 Å². The van der Waals surface area contributed by atoms with Crippen molar-refractivity contribution in [1.29, 1.82) is 0 Å². The zero-order chi connectivity index (χ0) is 13.0. The molecule has 1 saturated carbocycles. The number of aromatic nitrogens is 3. The van der Waals surface area contributed by atoms with Crippen molar-refractivity contribution < 1.29 is 0 Å². The van der Waals surface area contributed by atoms with E-state index in [-0.39, 0.29) is 0 Å². The number of anilines is 3. The van der Waals surface area contributed by atoms with Crippen molar-refractivity contribution in [2.45, 2.75) is 26.2 Å². The molecule has 0 amide bonds. The van der Waals surface area contributed by atoms with Crippen molar-refractivity contribution >= 4 is 17.8 Å². The lowest BCUT2D eigenvalue weighted by Crippen LogP contribution is -2.23. The average molecular weight is 250 g/mol. The summed E-state index contributed by atoms with van der Waals surface area (Å²) in [7, 11) is 3.86. The molecule has 0 saturated heterocycles. The van der Waals surface area contributed by atoms with Crippen molar-refractivity contribution in [3.63, 3.8) is 0 Å². The molecule has 6 nitrogen and oxygen atoms in total. The van der Waals surface area contributed by atoms with E-state index in [0.717, 1.165) is 19.0 Å². The van der Waals surface area contributed by atoms with Gasteiger partial charge in [-0.25, -0.2) is 0 Å². The van der Waals surface area contributed by atoms with Crippen molar-refractivity contribution in [2.75, 3.05) is 42.7 Å². The van der Waals surface area contributed by atoms with Crippen LogP contribution in [0.15, 0.2) is 0 Å². The summed E-state index contributed by atoms with van der Waals surface area (Å²) in [6.45, 7) is 3.79. The third-order valence-corrected chi connectivity index (χ3v) is 3.13. The van der Waals surface area contributed by atoms with Gasteiger partial charge in [-0.05, 0) is 25.7 Å². The minimum Gasteiger partial charge on any atom is -0.354 e. The Balaban J connectivity index is 2.06. The molecule has 0 atom stereocenters. The fourth-order valence-electron chi connectivity index (χ4n) is 1.81. The highest BCUT2D eigenvalue weighted by molar-refractivity contribution is 5.42. The standard InChI is InChI=1S/C12H22N6/c1-4-13-10-15-11(14-8-9-6-5-7-9)17-12(16-10)18(2)3/h9H,4-8H2,1-3H3,(H2,13,14,15,16,17). The van der Waals surface area contributed by atoms with Gasteiger partial charge in [-0.15, -0.1) is 0 Å². The average Bonchev–Trinajstić information content (AvgIpc) is 2.27. The maximum absolute atomic E-state index is 4.40. The van der Waals surface area contributed by atoms with Gasteiger partial charge in [0.25, 0.3) is 0 Å². The highest BCUT2D eigenvalue weighted by Gasteiger charge is 2.17. The predicted octanol–water partition coefficient (Wildman–Crippen LogP) is 1.58. The number of nitrogens with zero attached hydrogens (tertiary/aromatic N) is 4. The lowest BCUT2D eigenvalue weighted by Gasteiger charge is -2.25. The molecule has 1 aliphatic rings. The second kappa shape index (κ2) is 5.84. The number of rotatable bonds is 6. The van der Waals surface area contributed by atoms with E-state index in [1.807, 2.05) is 25.9 Å². The second-order valence-corrected chi connectivity index (χ2v) is 4.89. The van der Waals surface area contributed by atoms with Gasteiger partial charge in [0, 0.05) is 27.2 Å². The number of nitrogens with one attached hydrogen (secondary N) is 2. The molecule has 0 spiro atoms. The number of hydrogen-bond donors (Lipinski definition) is 2. The van der Waals surface area contributed by atoms with Crippen LogP contribution < -0.4 is 15.5 Å². The lowest BCUT2D eigenvalue weighted by molar-refractivity contribution is 0.333. The third kappa shape index (κ3) is 3.21. The van der Waals surface area contributed by atoms with Gasteiger partial charge < -0.3 is 15.5 Å². The minimum atomic E-state index is 0.632. The molecule has 1 aliphatic carbocycles. The normalized spacial score (nSPS) is 15.1. The first-order chi connectivity index (χ1) is 8.69.